The topological polar surface area (TPSA) is 92.8 Å². The third-order valence-corrected chi connectivity index (χ3v) is 7.79. The number of oxazole rings is 1. The van der Waals surface area contributed by atoms with Gasteiger partial charge in [0.25, 0.3) is 0 Å². The van der Waals surface area contributed by atoms with Gasteiger partial charge in [-0.1, -0.05) is 13.3 Å². The summed E-state index contributed by atoms with van der Waals surface area (Å²) in [5.41, 5.74) is 0.624. The number of piperidine rings is 2. The highest BCUT2D eigenvalue weighted by molar-refractivity contribution is 7.89. The van der Waals surface area contributed by atoms with Crippen LogP contribution in [0.15, 0.2) is 32.3 Å². The summed E-state index contributed by atoms with van der Waals surface area (Å²) in [6.07, 6.45) is 4.80. The van der Waals surface area contributed by atoms with E-state index in [1.165, 1.54) is 21.0 Å². The van der Waals surface area contributed by atoms with Crippen molar-refractivity contribution in [3.05, 3.63) is 28.7 Å². The number of rotatable bonds is 4. The van der Waals surface area contributed by atoms with Crippen molar-refractivity contribution in [2.75, 3.05) is 26.2 Å². The van der Waals surface area contributed by atoms with Crippen molar-refractivity contribution in [2.24, 2.45) is 5.92 Å². The lowest BCUT2D eigenvalue weighted by atomic mass is 10.0. The minimum Gasteiger partial charge on any atom is -0.408 e. The Labute approximate surface area is 170 Å². The minimum atomic E-state index is -3.62. The van der Waals surface area contributed by atoms with E-state index in [9.17, 15) is 18.0 Å². The normalized spacial score (nSPS) is 21.6. The van der Waals surface area contributed by atoms with Gasteiger partial charge in [0.1, 0.15) is 6.54 Å². The van der Waals surface area contributed by atoms with Gasteiger partial charge in [0, 0.05) is 32.2 Å². The summed E-state index contributed by atoms with van der Waals surface area (Å²) in [6, 6.07) is 4.44. The lowest BCUT2D eigenvalue weighted by molar-refractivity contribution is -0.133. The predicted molar refractivity (Wildman–Crippen MR) is 108 cm³/mol. The molecule has 1 amide bonds. The monoisotopic (exact) mass is 421 g/mol. The van der Waals surface area contributed by atoms with E-state index in [4.69, 9.17) is 4.42 Å². The molecule has 0 radical (unpaired) electrons. The molecule has 0 aliphatic carbocycles. The van der Waals surface area contributed by atoms with Gasteiger partial charge in [-0.25, -0.2) is 13.2 Å². The van der Waals surface area contributed by atoms with Crippen LogP contribution in [0, 0.1) is 5.92 Å². The SMILES string of the molecule is C[C@@H]1CCCN(C(=O)Cn2c(=O)oc3cc(S(=O)(=O)N4CCCCC4)ccc32)C1. The number of hydrogen-bond donors (Lipinski definition) is 0. The minimum absolute atomic E-state index is 0.100. The molecule has 1 aromatic carbocycles. The Morgan fingerprint density at radius 1 is 1.14 bits per heavy atom. The fourth-order valence-corrected chi connectivity index (χ4v) is 5.80. The number of sulfonamides is 1. The number of nitrogens with zero attached hydrogens (tertiary/aromatic N) is 3. The molecule has 8 nitrogen and oxygen atoms in total. The van der Waals surface area contributed by atoms with Gasteiger partial charge in [0.2, 0.25) is 15.9 Å². The predicted octanol–water partition coefficient (Wildman–Crippen LogP) is 2.03. The van der Waals surface area contributed by atoms with Crippen molar-refractivity contribution in [2.45, 2.75) is 50.5 Å². The number of benzene rings is 1. The van der Waals surface area contributed by atoms with Gasteiger partial charge in [0.15, 0.2) is 5.58 Å². The third kappa shape index (κ3) is 3.98. The van der Waals surface area contributed by atoms with E-state index in [2.05, 4.69) is 6.92 Å². The average molecular weight is 422 g/mol. The molecule has 2 aliphatic rings. The summed E-state index contributed by atoms with van der Waals surface area (Å²) >= 11 is 0. The Kier molecular flexibility index (Phi) is 5.52. The van der Waals surface area contributed by atoms with Crippen LogP contribution in [-0.2, 0) is 21.4 Å². The number of likely N-dealkylation sites (tertiary alicyclic amines) is 1. The summed E-state index contributed by atoms with van der Waals surface area (Å²) in [7, 11) is -3.62. The van der Waals surface area contributed by atoms with Crippen LogP contribution in [0.5, 0.6) is 0 Å². The quantitative estimate of drug-likeness (QED) is 0.753. The maximum absolute atomic E-state index is 12.9. The van der Waals surface area contributed by atoms with E-state index in [-0.39, 0.29) is 22.9 Å². The molecular formula is C20H27N3O5S. The third-order valence-electron chi connectivity index (χ3n) is 5.90. The second kappa shape index (κ2) is 7.95. The zero-order chi connectivity index (χ0) is 20.6. The summed E-state index contributed by atoms with van der Waals surface area (Å²) in [5.74, 6) is -0.314. The van der Waals surface area contributed by atoms with Crippen LogP contribution in [0.1, 0.15) is 39.0 Å². The molecule has 2 aromatic rings. The fraction of sp³-hybridized carbons (Fsp3) is 0.600. The Balaban J connectivity index is 1.60. The molecule has 9 heteroatoms. The highest BCUT2D eigenvalue weighted by atomic mass is 32.2. The van der Waals surface area contributed by atoms with E-state index in [1.54, 1.807) is 11.0 Å². The smallest absolute Gasteiger partial charge is 0.408 e. The molecule has 158 valence electrons. The van der Waals surface area contributed by atoms with Crippen molar-refractivity contribution in [1.29, 1.82) is 0 Å². The molecule has 0 N–H and O–H groups in total. The molecule has 0 spiro atoms. The van der Waals surface area contributed by atoms with Crippen LogP contribution in [0.25, 0.3) is 11.1 Å². The maximum Gasteiger partial charge on any atom is 0.420 e. The molecule has 1 atom stereocenters. The average Bonchev–Trinajstić information content (AvgIpc) is 3.03. The van der Waals surface area contributed by atoms with E-state index in [0.717, 1.165) is 32.1 Å². The Morgan fingerprint density at radius 3 is 2.62 bits per heavy atom. The summed E-state index contributed by atoms with van der Waals surface area (Å²) in [6.45, 7) is 4.43. The highest BCUT2D eigenvalue weighted by Gasteiger charge is 2.27. The van der Waals surface area contributed by atoms with Crippen LogP contribution >= 0.6 is 0 Å². The number of carbonyl (C=O) groups excluding carboxylic acids is 1. The van der Waals surface area contributed by atoms with Crippen LogP contribution < -0.4 is 5.76 Å². The van der Waals surface area contributed by atoms with E-state index >= 15 is 0 Å². The van der Waals surface area contributed by atoms with E-state index in [0.29, 0.717) is 37.6 Å². The van der Waals surface area contributed by atoms with Gasteiger partial charge in [0.05, 0.1) is 10.4 Å². The molecule has 29 heavy (non-hydrogen) atoms. The number of fused-ring (bicyclic) bond motifs is 1. The first-order chi connectivity index (χ1) is 13.9. The molecule has 0 saturated carbocycles. The first-order valence-electron chi connectivity index (χ1n) is 10.3. The molecule has 1 aromatic heterocycles. The van der Waals surface area contributed by atoms with Gasteiger partial charge in [-0.2, -0.15) is 4.31 Å². The molecular weight excluding hydrogens is 394 g/mol. The van der Waals surface area contributed by atoms with Gasteiger partial charge < -0.3 is 9.32 Å². The van der Waals surface area contributed by atoms with Crippen LogP contribution in [-0.4, -0.2) is 54.3 Å². The zero-order valence-electron chi connectivity index (χ0n) is 16.7. The van der Waals surface area contributed by atoms with Crippen LogP contribution in [0.2, 0.25) is 0 Å². The van der Waals surface area contributed by atoms with Crippen molar-refractivity contribution in [1.82, 2.24) is 13.8 Å². The van der Waals surface area contributed by atoms with E-state index in [1.807, 2.05) is 0 Å². The Bertz CT molecular complexity index is 1070. The van der Waals surface area contributed by atoms with Gasteiger partial charge in [-0.05, 0) is 43.7 Å². The van der Waals surface area contributed by atoms with Crippen molar-refractivity contribution < 1.29 is 17.6 Å². The fourth-order valence-electron chi connectivity index (χ4n) is 4.26. The lowest BCUT2D eigenvalue weighted by Gasteiger charge is -2.30. The highest BCUT2D eigenvalue weighted by Crippen LogP contribution is 2.24. The first-order valence-corrected chi connectivity index (χ1v) is 11.7. The van der Waals surface area contributed by atoms with Crippen LogP contribution in [0.4, 0.5) is 0 Å². The molecule has 0 bridgehead atoms. The molecule has 4 rings (SSSR count). The van der Waals surface area contributed by atoms with Gasteiger partial charge >= 0.3 is 5.76 Å². The first kappa shape index (κ1) is 20.2. The number of carbonyl (C=O) groups is 1. The molecule has 2 saturated heterocycles. The number of aromatic nitrogens is 1. The molecule has 2 fully saturated rings. The van der Waals surface area contributed by atoms with Crippen molar-refractivity contribution in [3.63, 3.8) is 0 Å². The largest absolute Gasteiger partial charge is 0.420 e. The number of amides is 1. The number of hydrogen-bond acceptors (Lipinski definition) is 5. The summed E-state index contributed by atoms with van der Waals surface area (Å²) in [5, 5.41) is 0. The standard InChI is InChI=1S/C20H27N3O5S/c1-15-6-5-9-21(13-15)19(24)14-23-17-8-7-16(12-18(17)28-20(23)25)29(26,27)22-10-3-2-4-11-22/h7-8,12,15H,2-6,9-11,13-14H2,1H3/t15-/m1/s1. The maximum atomic E-state index is 12.9. The summed E-state index contributed by atoms with van der Waals surface area (Å²) < 4.78 is 33.8. The van der Waals surface area contributed by atoms with Gasteiger partial charge in [-0.15, -0.1) is 0 Å². The molecule has 3 heterocycles. The van der Waals surface area contributed by atoms with Crippen molar-refractivity contribution >= 4 is 27.0 Å². The Morgan fingerprint density at radius 2 is 1.90 bits per heavy atom. The zero-order valence-corrected chi connectivity index (χ0v) is 17.5. The lowest BCUT2D eigenvalue weighted by Crippen LogP contribution is -2.41. The second-order valence-corrected chi connectivity index (χ2v) is 10.1. The second-order valence-electron chi connectivity index (χ2n) is 8.14. The molecule has 0 unspecified atom stereocenters. The molecule has 2 aliphatic heterocycles. The van der Waals surface area contributed by atoms with Gasteiger partial charge in [-0.3, -0.25) is 9.36 Å². The van der Waals surface area contributed by atoms with Crippen molar-refractivity contribution in [3.8, 4) is 0 Å². The summed E-state index contributed by atoms with van der Waals surface area (Å²) in [4.78, 5) is 26.9. The Hall–Kier alpha value is -2.13. The van der Waals surface area contributed by atoms with Crippen LogP contribution in [0.3, 0.4) is 0 Å². The van der Waals surface area contributed by atoms with E-state index < -0.39 is 15.8 Å².